The number of imidazole rings is 1. The Bertz CT molecular complexity index is 483. The van der Waals surface area contributed by atoms with Gasteiger partial charge in [0, 0.05) is 17.8 Å². The van der Waals surface area contributed by atoms with Crippen molar-refractivity contribution < 1.29 is 0 Å². The van der Waals surface area contributed by atoms with Gasteiger partial charge in [0.05, 0.1) is 5.69 Å². The SMILES string of the molecule is CCCc1nc(-c2ccc(CN)cc2)[nH]c1C. The number of nitrogens with two attached hydrogens (primary N) is 1. The zero-order valence-corrected chi connectivity index (χ0v) is 10.5. The summed E-state index contributed by atoms with van der Waals surface area (Å²) in [4.78, 5) is 7.98. The highest BCUT2D eigenvalue weighted by Gasteiger charge is 2.07. The van der Waals surface area contributed by atoms with Gasteiger partial charge in [-0.2, -0.15) is 0 Å². The summed E-state index contributed by atoms with van der Waals surface area (Å²) in [6, 6.07) is 8.23. The van der Waals surface area contributed by atoms with Crippen LogP contribution in [0.25, 0.3) is 11.4 Å². The molecule has 0 aliphatic rings. The number of H-pyrrole nitrogens is 1. The first kappa shape index (κ1) is 11.9. The molecule has 3 N–H and O–H groups in total. The number of hydrogen-bond acceptors (Lipinski definition) is 2. The van der Waals surface area contributed by atoms with Gasteiger partial charge in [0.25, 0.3) is 0 Å². The van der Waals surface area contributed by atoms with Crippen LogP contribution < -0.4 is 5.73 Å². The number of hydrogen-bond donors (Lipinski definition) is 2. The molecule has 0 amide bonds. The first-order valence-corrected chi connectivity index (χ1v) is 6.09. The van der Waals surface area contributed by atoms with Gasteiger partial charge in [-0.1, -0.05) is 37.6 Å². The van der Waals surface area contributed by atoms with Gasteiger partial charge < -0.3 is 10.7 Å². The molecule has 2 rings (SSSR count). The molecule has 17 heavy (non-hydrogen) atoms. The van der Waals surface area contributed by atoms with Crippen LogP contribution >= 0.6 is 0 Å². The molecular weight excluding hydrogens is 210 g/mol. The fourth-order valence-corrected chi connectivity index (χ4v) is 1.91. The topological polar surface area (TPSA) is 54.7 Å². The number of nitrogens with zero attached hydrogens (tertiary/aromatic N) is 1. The van der Waals surface area contributed by atoms with E-state index in [1.165, 1.54) is 11.4 Å². The van der Waals surface area contributed by atoms with Crippen LogP contribution in [0.3, 0.4) is 0 Å². The highest BCUT2D eigenvalue weighted by atomic mass is 14.9. The first-order valence-electron chi connectivity index (χ1n) is 6.09. The number of benzene rings is 1. The van der Waals surface area contributed by atoms with E-state index >= 15 is 0 Å². The second-order valence-corrected chi connectivity index (χ2v) is 4.31. The van der Waals surface area contributed by atoms with E-state index in [2.05, 4.69) is 35.9 Å². The number of aromatic nitrogens is 2. The molecule has 0 radical (unpaired) electrons. The van der Waals surface area contributed by atoms with Crippen LogP contribution in [0.5, 0.6) is 0 Å². The van der Waals surface area contributed by atoms with E-state index < -0.39 is 0 Å². The van der Waals surface area contributed by atoms with Crippen LogP contribution in [0.2, 0.25) is 0 Å². The Labute approximate surface area is 102 Å². The van der Waals surface area contributed by atoms with Crippen LogP contribution in [-0.2, 0) is 13.0 Å². The largest absolute Gasteiger partial charge is 0.342 e. The Balaban J connectivity index is 2.29. The molecule has 0 aliphatic heterocycles. The molecule has 0 saturated carbocycles. The molecule has 90 valence electrons. The number of nitrogens with one attached hydrogen (secondary N) is 1. The fraction of sp³-hybridized carbons (Fsp3) is 0.357. The molecule has 1 aromatic carbocycles. The van der Waals surface area contributed by atoms with Crippen molar-refractivity contribution in [2.24, 2.45) is 5.73 Å². The smallest absolute Gasteiger partial charge is 0.137 e. The summed E-state index contributed by atoms with van der Waals surface area (Å²) in [6.07, 6.45) is 2.15. The third-order valence-electron chi connectivity index (χ3n) is 2.94. The van der Waals surface area contributed by atoms with Gasteiger partial charge in [0.2, 0.25) is 0 Å². The predicted molar refractivity (Wildman–Crippen MR) is 70.6 cm³/mol. The summed E-state index contributed by atoms with van der Waals surface area (Å²) in [5.74, 6) is 0.953. The third kappa shape index (κ3) is 2.56. The van der Waals surface area contributed by atoms with Crippen LogP contribution in [0.15, 0.2) is 24.3 Å². The molecule has 1 aromatic heterocycles. The zero-order chi connectivity index (χ0) is 12.3. The van der Waals surface area contributed by atoms with Gasteiger partial charge in [0.1, 0.15) is 5.82 Å². The minimum absolute atomic E-state index is 0.582. The maximum absolute atomic E-state index is 5.58. The van der Waals surface area contributed by atoms with E-state index in [9.17, 15) is 0 Å². The van der Waals surface area contributed by atoms with Crippen LogP contribution in [0.1, 0.15) is 30.3 Å². The average Bonchev–Trinajstić information content (AvgIpc) is 2.72. The molecule has 3 heteroatoms. The quantitative estimate of drug-likeness (QED) is 0.847. The molecule has 0 bridgehead atoms. The third-order valence-corrected chi connectivity index (χ3v) is 2.94. The number of rotatable bonds is 4. The summed E-state index contributed by atoms with van der Waals surface area (Å²) >= 11 is 0. The lowest BCUT2D eigenvalue weighted by atomic mass is 10.1. The highest BCUT2D eigenvalue weighted by molar-refractivity contribution is 5.56. The normalized spacial score (nSPS) is 10.8. The van der Waals surface area contributed by atoms with Crippen molar-refractivity contribution in [1.29, 1.82) is 0 Å². The monoisotopic (exact) mass is 229 g/mol. The fourth-order valence-electron chi connectivity index (χ4n) is 1.91. The van der Waals surface area contributed by atoms with E-state index in [-0.39, 0.29) is 0 Å². The van der Waals surface area contributed by atoms with Crippen molar-refractivity contribution in [3.8, 4) is 11.4 Å². The summed E-state index contributed by atoms with van der Waals surface area (Å²) in [5.41, 5.74) is 10.2. The summed E-state index contributed by atoms with van der Waals surface area (Å²) in [5, 5.41) is 0. The molecule has 1 heterocycles. The lowest BCUT2D eigenvalue weighted by molar-refractivity contribution is 0.883. The lowest BCUT2D eigenvalue weighted by Gasteiger charge is -1.99. The van der Waals surface area contributed by atoms with E-state index in [1.54, 1.807) is 0 Å². The maximum atomic E-state index is 5.58. The van der Waals surface area contributed by atoms with Crippen molar-refractivity contribution in [1.82, 2.24) is 9.97 Å². The molecule has 0 saturated heterocycles. The first-order chi connectivity index (χ1) is 8.24. The Hall–Kier alpha value is -1.61. The molecule has 0 fully saturated rings. The van der Waals surface area contributed by atoms with Gasteiger partial charge in [0.15, 0.2) is 0 Å². The van der Waals surface area contributed by atoms with Gasteiger partial charge in [-0.25, -0.2) is 4.98 Å². The van der Waals surface area contributed by atoms with Crippen LogP contribution in [-0.4, -0.2) is 9.97 Å². The van der Waals surface area contributed by atoms with E-state index in [0.717, 1.165) is 29.8 Å². The second-order valence-electron chi connectivity index (χ2n) is 4.31. The van der Waals surface area contributed by atoms with Crippen LogP contribution in [0.4, 0.5) is 0 Å². The van der Waals surface area contributed by atoms with E-state index in [4.69, 9.17) is 5.73 Å². The Kier molecular flexibility index (Phi) is 3.59. The van der Waals surface area contributed by atoms with E-state index in [1.807, 2.05) is 12.1 Å². The molecule has 3 nitrogen and oxygen atoms in total. The summed E-state index contributed by atoms with van der Waals surface area (Å²) in [7, 11) is 0. The number of aromatic amines is 1. The van der Waals surface area contributed by atoms with Gasteiger partial charge in [-0.3, -0.25) is 0 Å². The predicted octanol–water partition coefficient (Wildman–Crippen LogP) is 2.80. The van der Waals surface area contributed by atoms with Crippen molar-refractivity contribution >= 4 is 0 Å². The molecular formula is C14H19N3. The number of aryl methyl sites for hydroxylation is 2. The van der Waals surface area contributed by atoms with Crippen molar-refractivity contribution in [2.75, 3.05) is 0 Å². The molecule has 2 aromatic rings. The molecule has 0 spiro atoms. The second kappa shape index (κ2) is 5.15. The average molecular weight is 229 g/mol. The Morgan fingerprint density at radius 1 is 1.24 bits per heavy atom. The van der Waals surface area contributed by atoms with Crippen molar-refractivity contribution in [2.45, 2.75) is 33.2 Å². The van der Waals surface area contributed by atoms with Crippen LogP contribution in [0, 0.1) is 6.92 Å². The maximum Gasteiger partial charge on any atom is 0.137 e. The Morgan fingerprint density at radius 3 is 2.53 bits per heavy atom. The minimum Gasteiger partial charge on any atom is -0.342 e. The lowest BCUT2D eigenvalue weighted by Crippen LogP contribution is -1.95. The minimum atomic E-state index is 0.582. The van der Waals surface area contributed by atoms with Gasteiger partial charge in [-0.05, 0) is 18.9 Å². The molecule has 0 atom stereocenters. The summed E-state index contributed by atoms with van der Waals surface area (Å²) < 4.78 is 0. The molecule has 0 unspecified atom stereocenters. The van der Waals surface area contributed by atoms with Crippen molar-refractivity contribution in [3.63, 3.8) is 0 Å². The van der Waals surface area contributed by atoms with E-state index in [0.29, 0.717) is 6.54 Å². The molecule has 0 aliphatic carbocycles. The van der Waals surface area contributed by atoms with Gasteiger partial charge >= 0.3 is 0 Å². The Morgan fingerprint density at radius 2 is 1.94 bits per heavy atom. The highest BCUT2D eigenvalue weighted by Crippen LogP contribution is 2.19. The van der Waals surface area contributed by atoms with Gasteiger partial charge in [-0.15, -0.1) is 0 Å². The zero-order valence-electron chi connectivity index (χ0n) is 10.5. The van der Waals surface area contributed by atoms with Crippen molar-refractivity contribution in [3.05, 3.63) is 41.2 Å². The summed E-state index contributed by atoms with van der Waals surface area (Å²) in [6.45, 7) is 4.83. The standard InChI is InChI=1S/C14H19N3/c1-3-4-13-10(2)16-14(17-13)12-7-5-11(9-15)6-8-12/h5-8H,3-4,9,15H2,1-2H3,(H,16,17).